The van der Waals surface area contributed by atoms with E-state index in [9.17, 15) is 9.59 Å². The number of anilines is 1. The van der Waals surface area contributed by atoms with Crippen LogP contribution in [-0.2, 0) is 4.79 Å². The molecule has 154 valence electrons. The number of amides is 2. The average Bonchev–Trinajstić information content (AvgIpc) is 3.24. The van der Waals surface area contributed by atoms with E-state index in [4.69, 9.17) is 4.74 Å². The summed E-state index contributed by atoms with van der Waals surface area (Å²) in [5.74, 6) is 0.292. The number of hydrogen-bond donors (Lipinski definition) is 3. The Morgan fingerprint density at radius 3 is 3.03 bits per heavy atom. The third-order valence-electron chi connectivity index (χ3n) is 5.53. The second-order valence-electron chi connectivity index (χ2n) is 7.64. The van der Waals surface area contributed by atoms with Crippen LogP contribution >= 0.6 is 0 Å². The molecule has 2 aliphatic rings. The molecule has 0 radical (unpaired) electrons. The van der Waals surface area contributed by atoms with Gasteiger partial charge in [0.25, 0.3) is 11.8 Å². The third-order valence-corrected chi connectivity index (χ3v) is 5.53. The molecule has 3 atom stereocenters. The smallest absolute Gasteiger partial charge is 0.272 e. The van der Waals surface area contributed by atoms with Crippen molar-refractivity contribution in [3.8, 4) is 5.75 Å². The Kier molecular flexibility index (Phi) is 5.53. The molecule has 0 bridgehead atoms. The number of carbonyl (C=O) groups excluding carboxylic acids is 2. The number of ether oxygens (including phenoxy) is 1. The first kappa shape index (κ1) is 19.4. The SMILES string of the molecule is CCC1Oc2cc(C(C)NC(=O)c3ccn(C4CCCNC4)n3)ccc2NC1=O. The summed E-state index contributed by atoms with van der Waals surface area (Å²) in [6.07, 6.45) is 4.17. The van der Waals surface area contributed by atoms with Gasteiger partial charge in [-0.25, -0.2) is 0 Å². The Balaban J connectivity index is 1.43. The average molecular weight is 397 g/mol. The molecule has 0 spiro atoms. The van der Waals surface area contributed by atoms with Crippen LogP contribution in [0.3, 0.4) is 0 Å². The summed E-state index contributed by atoms with van der Waals surface area (Å²) in [4.78, 5) is 24.6. The molecule has 0 aliphatic carbocycles. The number of hydrogen-bond acceptors (Lipinski definition) is 5. The largest absolute Gasteiger partial charge is 0.478 e. The Labute approximate surface area is 170 Å². The maximum Gasteiger partial charge on any atom is 0.272 e. The van der Waals surface area contributed by atoms with Crippen LogP contribution in [0.4, 0.5) is 5.69 Å². The highest BCUT2D eigenvalue weighted by atomic mass is 16.5. The molecule has 1 aromatic carbocycles. The predicted molar refractivity (Wildman–Crippen MR) is 109 cm³/mol. The van der Waals surface area contributed by atoms with E-state index in [1.54, 1.807) is 6.07 Å². The summed E-state index contributed by atoms with van der Waals surface area (Å²) in [6.45, 7) is 5.74. The molecule has 1 fully saturated rings. The first-order chi connectivity index (χ1) is 14.0. The van der Waals surface area contributed by atoms with Crippen LogP contribution in [-0.4, -0.2) is 40.8 Å². The minimum atomic E-state index is -0.485. The van der Waals surface area contributed by atoms with Gasteiger partial charge in [-0.05, 0) is 56.5 Å². The van der Waals surface area contributed by atoms with Crippen molar-refractivity contribution < 1.29 is 14.3 Å². The van der Waals surface area contributed by atoms with Gasteiger partial charge < -0.3 is 20.7 Å². The van der Waals surface area contributed by atoms with Crippen molar-refractivity contribution in [3.63, 3.8) is 0 Å². The quantitative estimate of drug-likeness (QED) is 0.720. The van der Waals surface area contributed by atoms with Gasteiger partial charge >= 0.3 is 0 Å². The zero-order chi connectivity index (χ0) is 20.4. The normalized spacial score (nSPS) is 22.2. The van der Waals surface area contributed by atoms with Gasteiger partial charge in [-0.2, -0.15) is 5.10 Å². The summed E-state index contributed by atoms with van der Waals surface area (Å²) < 4.78 is 7.68. The molecule has 3 N–H and O–H groups in total. The van der Waals surface area contributed by atoms with E-state index >= 15 is 0 Å². The summed E-state index contributed by atoms with van der Waals surface area (Å²) in [7, 11) is 0. The molecule has 3 heterocycles. The number of nitrogens with one attached hydrogen (secondary N) is 3. The van der Waals surface area contributed by atoms with Gasteiger partial charge in [0.15, 0.2) is 6.10 Å². The molecule has 8 heteroatoms. The summed E-state index contributed by atoms with van der Waals surface area (Å²) in [6, 6.07) is 7.38. The molecular weight excluding hydrogens is 370 g/mol. The maximum atomic E-state index is 12.7. The number of nitrogens with zero attached hydrogens (tertiary/aromatic N) is 2. The molecule has 2 amide bonds. The predicted octanol–water partition coefficient (Wildman–Crippen LogP) is 2.41. The van der Waals surface area contributed by atoms with Crippen LogP contribution in [0.15, 0.2) is 30.5 Å². The minimum absolute atomic E-state index is 0.127. The molecule has 4 rings (SSSR count). The van der Waals surface area contributed by atoms with E-state index in [-0.39, 0.29) is 17.9 Å². The number of carbonyl (C=O) groups is 2. The van der Waals surface area contributed by atoms with Crippen molar-refractivity contribution in [2.75, 3.05) is 18.4 Å². The standard InChI is InChI=1S/C21H27N5O3/c1-3-18-21(28)24-16-7-6-14(11-19(16)29-18)13(2)23-20(27)17-8-10-26(25-17)15-5-4-9-22-12-15/h6-8,10-11,13,15,18,22H,3-5,9,12H2,1-2H3,(H,23,27)(H,24,28). The zero-order valence-corrected chi connectivity index (χ0v) is 16.8. The Morgan fingerprint density at radius 1 is 1.41 bits per heavy atom. The second-order valence-corrected chi connectivity index (χ2v) is 7.64. The van der Waals surface area contributed by atoms with Crippen molar-refractivity contribution in [3.05, 3.63) is 41.7 Å². The molecular formula is C21H27N5O3. The Hall–Kier alpha value is -2.87. The van der Waals surface area contributed by atoms with E-state index in [2.05, 4.69) is 21.0 Å². The molecule has 1 aromatic heterocycles. The first-order valence-corrected chi connectivity index (χ1v) is 10.2. The van der Waals surface area contributed by atoms with Gasteiger partial charge in [0.2, 0.25) is 0 Å². The molecule has 29 heavy (non-hydrogen) atoms. The van der Waals surface area contributed by atoms with Gasteiger partial charge in [-0.1, -0.05) is 13.0 Å². The second kappa shape index (κ2) is 8.24. The molecule has 0 saturated carbocycles. The Bertz CT molecular complexity index is 903. The fraction of sp³-hybridized carbons (Fsp3) is 0.476. The number of rotatable bonds is 5. The van der Waals surface area contributed by atoms with Crippen molar-refractivity contribution in [2.45, 2.75) is 51.3 Å². The third kappa shape index (κ3) is 4.12. The van der Waals surface area contributed by atoms with Crippen molar-refractivity contribution in [1.82, 2.24) is 20.4 Å². The van der Waals surface area contributed by atoms with Crippen LogP contribution < -0.4 is 20.7 Å². The van der Waals surface area contributed by atoms with Crippen LogP contribution in [0, 0.1) is 0 Å². The van der Waals surface area contributed by atoms with Gasteiger partial charge in [-0.3, -0.25) is 14.3 Å². The molecule has 8 nitrogen and oxygen atoms in total. The highest BCUT2D eigenvalue weighted by molar-refractivity contribution is 5.97. The summed E-state index contributed by atoms with van der Waals surface area (Å²) in [5, 5.41) is 13.7. The van der Waals surface area contributed by atoms with Gasteiger partial charge in [0.1, 0.15) is 11.4 Å². The minimum Gasteiger partial charge on any atom is -0.478 e. The van der Waals surface area contributed by atoms with Gasteiger partial charge in [-0.15, -0.1) is 0 Å². The van der Waals surface area contributed by atoms with Gasteiger partial charge in [0.05, 0.1) is 17.8 Å². The lowest BCUT2D eigenvalue weighted by Gasteiger charge is -2.26. The van der Waals surface area contributed by atoms with Crippen LogP contribution in [0.1, 0.15) is 61.2 Å². The van der Waals surface area contributed by atoms with E-state index in [1.165, 1.54) is 0 Å². The number of benzene rings is 1. The summed E-state index contributed by atoms with van der Waals surface area (Å²) in [5.41, 5.74) is 1.97. The van der Waals surface area contributed by atoms with E-state index < -0.39 is 6.10 Å². The molecule has 3 unspecified atom stereocenters. The molecule has 2 aromatic rings. The van der Waals surface area contributed by atoms with Crippen molar-refractivity contribution >= 4 is 17.5 Å². The topological polar surface area (TPSA) is 97.3 Å². The van der Waals surface area contributed by atoms with Crippen molar-refractivity contribution in [1.29, 1.82) is 0 Å². The number of piperidine rings is 1. The highest BCUT2D eigenvalue weighted by Gasteiger charge is 2.27. The number of aromatic nitrogens is 2. The first-order valence-electron chi connectivity index (χ1n) is 10.2. The lowest BCUT2D eigenvalue weighted by Crippen LogP contribution is -2.36. The van der Waals surface area contributed by atoms with Crippen LogP contribution in [0.25, 0.3) is 0 Å². The maximum absolute atomic E-state index is 12.7. The van der Waals surface area contributed by atoms with Crippen LogP contribution in [0.2, 0.25) is 0 Å². The lowest BCUT2D eigenvalue weighted by atomic mass is 10.1. The van der Waals surface area contributed by atoms with E-state index in [0.717, 1.165) is 31.5 Å². The summed E-state index contributed by atoms with van der Waals surface area (Å²) >= 11 is 0. The fourth-order valence-corrected chi connectivity index (χ4v) is 3.77. The van der Waals surface area contributed by atoms with E-state index in [1.807, 2.05) is 42.9 Å². The fourth-order valence-electron chi connectivity index (χ4n) is 3.77. The zero-order valence-electron chi connectivity index (χ0n) is 16.8. The monoisotopic (exact) mass is 397 g/mol. The van der Waals surface area contributed by atoms with E-state index in [0.29, 0.717) is 29.6 Å². The highest BCUT2D eigenvalue weighted by Crippen LogP contribution is 2.33. The number of fused-ring (bicyclic) bond motifs is 1. The molecule has 2 aliphatic heterocycles. The Morgan fingerprint density at radius 2 is 2.28 bits per heavy atom. The van der Waals surface area contributed by atoms with Crippen LogP contribution in [0.5, 0.6) is 5.75 Å². The lowest BCUT2D eigenvalue weighted by molar-refractivity contribution is -0.123. The van der Waals surface area contributed by atoms with Crippen molar-refractivity contribution in [2.24, 2.45) is 0 Å². The van der Waals surface area contributed by atoms with Gasteiger partial charge in [0, 0.05) is 12.7 Å². The molecule has 1 saturated heterocycles.